The Morgan fingerprint density at radius 3 is 2.80 bits per heavy atom. The molecule has 0 aromatic carbocycles. The molecule has 0 aromatic rings. The lowest BCUT2D eigenvalue weighted by atomic mass is 9.81. The molecular weight excluding hydrogens is 186 g/mol. The quantitative estimate of drug-likeness (QED) is 0.718. The molecule has 1 saturated carbocycles. The van der Waals surface area contributed by atoms with Gasteiger partial charge < -0.3 is 11.1 Å². The second kappa shape index (κ2) is 5.83. The molecular formula is C12H24N3. The lowest BCUT2D eigenvalue weighted by molar-refractivity contribution is 0.259. The minimum atomic E-state index is 0.670. The van der Waals surface area contributed by atoms with E-state index in [0.29, 0.717) is 6.04 Å². The highest BCUT2D eigenvalue weighted by molar-refractivity contribution is 4.80. The van der Waals surface area contributed by atoms with Gasteiger partial charge in [-0.3, -0.25) is 0 Å². The molecule has 1 saturated heterocycles. The second-order valence-corrected chi connectivity index (χ2v) is 5.16. The maximum atomic E-state index is 5.75. The van der Waals surface area contributed by atoms with Crippen molar-refractivity contribution < 1.29 is 0 Å². The molecule has 3 nitrogen and oxygen atoms in total. The molecule has 1 heterocycles. The van der Waals surface area contributed by atoms with E-state index in [4.69, 9.17) is 5.73 Å². The van der Waals surface area contributed by atoms with E-state index in [1.807, 2.05) is 0 Å². The van der Waals surface area contributed by atoms with E-state index in [-0.39, 0.29) is 0 Å². The van der Waals surface area contributed by atoms with Crippen LogP contribution in [-0.4, -0.2) is 32.2 Å². The van der Waals surface area contributed by atoms with Gasteiger partial charge >= 0.3 is 0 Å². The Labute approximate surface area is 93.2 Å². The predicted octanol–water partition coefficient (Wildman–Crippen LogP) is 0.718. The first kappa shape index (κ1) is 11.4. The number of rotatable bonds is 4. The van der Waals surface area contributed by atoms with Crippen LogP contribution in [0.5, 0.6) is 0 Å². The monoisotopic (exact) mass is 210 g/mol. The lowest BCUT2D eigenvalue weighted by Crippen LogP contribution is -2.36. The summed E-state index contributed by atoms with van der Waals surface area (Å²) < 4.78 is 0. The summed E-state index contributed by atoms with van der Waals surface area (Å²) in [6, 6.07) is 0.670. The van der Waals surface area contributed by atoms with Crippen LogP contribution in [0.2, 0.25) is 0 Å². The van der Waals surface area contributed by atoms with Crippen molar-refractivity contribution in [1.29, 1.82) is 0 Å². The van der Waals surface area contributed by atoms with Gasteiger partial charge in [-0.25, -0.2) is 5.32 Å². The largest absolute Gasteiger partial charge is 0.330 e. The first-order valence-corrected chi connectivity index (χ1v) is 6.45. The van der Waals surface area contributed by atoms with Crippen LogP contribution in [0.4, 0.5) is 0 Å². The topological polar surface area (TPSA) is 52.1 Å². The summed E-state index contributed by atoms with van der Waals surface area (Å²) in [6.07, 6.45) is 6.71. The molecule has 3 heteroatoms. The molecule has 2 rings (SSSR count). The highest BCUT2D eigenvalue weighted by Crippen LogP contribution is 2.27. The van der Waals surface area contributed by atoms with Crippen molar-refractivity contribution in [2.24, 2.45) is 17.6 Å². The van der Waals surface area contributed by atoms with Crippen molar-refractivity contribution in [3.05, 3.63) is 0 Å². The molecule has 2 aliphatic rings. The van der Waals surface area contributed by atoms with E-state index in [2.05, 4.69) is 10.6 Å². The maximum absolute atomic E-state index is 5.75. The normalized spacial score (nSPS) is 37.0. The molecule has 0 bridgehead atoms. The number of hydrogen-bond donors (Lipinski definition) is 2. The summed E-state index contributed by atoms with van der Waals surface area (Å²) in [4.78, 5) is 0. The summed E-state index contributed by atoms with van der Waals surface area (Å²) in [5, 5.41) is 8.04. The van der Waals surface area contributed by atoms with Gasteiger partial charge in [0.1, 0.15) is 0 Å². The number of nitrogens with one attached hydrogen (secondary N) is 1. The Kier molecular flexibility index (Phi) is 4.42. The minimum Gasteiger partial charge on any atom is -0.330 e. The van der Waals surface area contributed by atoms with Crippen LogP contribution in [0, 0.1) is 11.8 Å². The zero-order chi connectivity index (χ0) is 10.5. The van der Waals surface area contributed by atoms with Crippen LogP contribution in [-0.2, 0) is 0 Å². The molecule has 2 fully saturated rings. The molecule has 15 heavy (non-hydrogen) atoms. The summed E-state index contributed by atoms with van der Waals surface area (Å²) in [5.41, 5.74) is 5.75. The summed E-state index contributed by atoms with van der Waals surface area (Å²) in [5.74, 6) is 1.66. The summed E-state index contributed by atoms with van der Waals surface area (Å²) >= 11 is 0. The van der Waals surface area contributed by atoms with Gasteiger partial charge in [0, 0.05) is 19.1 Å². The van der Waals surface area contributed by atoms with E-state index >= 15 is 0 Å². The van der Waals surface area contributed by atoms with Crippen LogP contribution in [0.15, 0.2) is 0 Å². The molecule has 0 amide bonds. The fraction of sp³-hybridized carbons (Fsp3) is 1.00. The average Bonchev–Trinajstić information content (AvgIpc) is 2.79. The Morgan fingerprint density at radius 2 is 2.07 bits per heavy atom. The Morgan fingerprint density at radius 1 is 1.20 bits per heavy atom. The number of nitrogens with zero attached hydrogens (tertiary/aromatic N) is 1. The van der Waals surface area contributed by atoms with Gasteiger partial charge in [0.25, 0.3) is 0 Å². The van der Waals surface area contributed by atoms with E-state index < -0.39 is 0 Å². The Hall–Kier alpha value is -0.120. The molecule has 1 radical (unpaired) electrons. The van der Waals surface area contributed by atoms with Crippen LogP contribution in [0.1, 0.15) is 32.1 Å². The first-order valence-electron chi connectivity index (χ1n) is 6.45. The molecule has 3 atom stereocenters. The zero-order valence-electron chi connectivity index (χ0n) is 9.62. The minimum absolute atomic E-state index is 0.670. The predicted molar refractivity (Wildman–Crippen MR) is 62.8 cm³/mol. The van der Waals surface area contributed by atoms with Crippen molar-refractivity contribution in [3.8, 4) is 0 Å². The summed E-state index contributed by atoms with van der Waals surface area (Å²) in [7, 11) is 0. The first-order chi connectivity index (χ1) is 7.38. The maximum Gasteiger partial charge on any atom is 0.0288 e. The van der Waals surface area contributed by atoms with Gasteiger partial charge in [0.05, 0.1) is 0 Å². The Balaban J connectivity index is 1.65. The third kappa shape index (κ3) is 3.44. The third-order valence-corrected chi connectivity index (χ3v) is 3.91. The zero-order valence-corrected chi connectivity index (χ0v) is 9.62. The molecule has 3 unspecified atom stereocenters. The third-order valence-electron chi connectivity index (χ3n) is 3.91. The molecule has 0 spiro atoms. The number of nitrogens with two attached hydrogens (primary N) is 1. The lowest BCUT2D eigenvalue weighted by Gasteiger charge is -2.29. The van der Waals surface area contributed by atoms with Crippen molar-refractivity contribution in [2.75, 3.05) is 26.2 Å². The fourth-order valence-corrected chi connectivity index (χ4v) is 2.89. The van der Waals surface area contributed by atoms with Crippen LogP contribution < -0.4 is 16.4 Å². The average molecular weight is 210 g/mol. The van der Waals surface area contributed by atoms with Gasteiger partial charge in [-0.15, -0.1) is 0 Å². The standard InChI is InChI=1S/C12H24N3/c13-7-10-2-1-3-11(6-10)8-15-12-4-5-14-9-12/h10-12,15H,1-9,13H2. The smallest absolute Gasteiger partial charge is 0.0288 e. The highest BCUT2D eigenvalue weighted by Gasteiger charge is 2.22. The molecule has 87 valence electrons. The van der Waals surface area contributed by atoms with Gasteiger partial charge in [-0.2, -0.15) is 0 Å². The van der Waals surface area contributed by atoms with Gasteiger partial charge in [0.15, 0.2) is 0 Å². The van der Waals surface area contributed by atoms with Crippen molar-refractivity contribution in [2.45, 2.75) is 38.1 Å². The molecule has 0 aromatic heterocycles. The molecule has 1 aliphatic heterocycles. The van der Waals surface area contributed by atoms with Gasteiger partial charge in [0.2, 0.25) is 0 Å². The van der Waals surface area contributed by atoms with Crippen molar-refractivity contribution in [3.63, 3.8) is 0 Å². The number of hydrogen-bond acceptors (Lipinski definition) is 2. The summed E-state index contributed by atoms with van der Waals surface area (Å²) in [6.45, 7) is 4.17. The second-order valence-electron chi connectivity index (χ2n) is 5.16. The van der Waals surface area contributed by atoms with E-state index in [1.54, 1.807) is 0 Å². The van der Waals surface area contributed by atoms with Crippen LogP contribution in [0.25, 0.3) is 0 Å². The fourth-order valence-electron chi connectivity index (χ4n) is 2.89. The van der Waals surface area contributed by atoms with E-state index in [0.717, 1.165) is 31.5 Å². The van der Waals surface area contributed by atoms with Gasteiger partial charge in [-0.1, -0.05) is 6.42 Å². The van der Waals surface area contributed by atoms with Gasteiger partial charge in [-0.05, 0) is 50.6 Å². The van der Waals surface area contributed by atoms with Crippen LogP contribution in [0.3, 0.4) is 0 Å². The molecule has 1 aliphatic carbocycles. The van der Waals surface area contributed by atoms with E-state index in [1.165, 1.54) is 38.6 Å². The van der Waals surface area contributed by atoms with Crippen molar-refractivity contribution in [1.82, 2.24) is 10.6 Å². The van der Waals surface area contributed by atoms with E-state index in [9.17, 15) is 0 Å². The van der Waals surface area contributed by atoms with Crippen molar-refractivity contribution >= 4 is 0 Å². The molecule has 3 N–H and O–H groups in total. The Bertz CT molecular complexity index is 178. The highest BCUT2D eigenvalue weighted by atomic mass is 15.0. The SMILES string of the molecule is NCC1CCCC(CNC2CC[N]C2)C1. The van der Waals surface area contributed by atoms with Crippen LogP contribution >= 0.6 is 0 Å².